The van der Waals surface area contributed by atoms with Gasteiger partial charge in [-0.1, -0.05) is 12.1 Å². The fourth-order valence-corrected chi connectivity index (χ4v) is 2.13. The predicted molar refractivity (Wildman–Crippen MR) is 89.1 cm³/mol. The number of anilines is 1. The van der Waals surface area contributed by atoms with Crippen LogP contribution in [0.25, 0.3) is 11.5 Å². The van der Waals surface area contributed by atoms with Gasteiger partial charge in [-0.2, -0.15) is 0 Å². The second-order valence-electron chi connectivity index (χ2n) is 5.43. The number of carbonyl (C=O) groups is 1. The highest BCUT2D eigenvalue weighted by Gasteiger charge is 2.09. The number of aryl methyl sites for hydroxylation is 2. The van der Waals surface area contributed by atoms with Crippen LogP contribution >= 0.6 is 0 Å². The van der Waals surface area contributed by atoms with Crippen LogP contribution in [0.15, 0.2) is 39.3 Å². The molecule has 0 saturated carbocycles. The number of rotatable bonds is 7. The van der Waals surface area contributed by atoms with Crippen LogP contribution in [0.2, 0.25) is 0 Å². The van der Waals surface area contributed by atoms with Crippen molar-refractivity contribution >= 4 is 11.7 Å². The average Bonchev–Trinajstić information content (AvgIpc) is 3.23. The molecule has 3 rings (SSSR count). The second-order valence-corrected chi connectivity index (χ2v) is 5.43. The zero-order valence-corrected chi connectivity index (χ0v) is 14.0. The highest BCUT2D eigenvalue weighted by atomic mass is 16.5. The predicted octanol–water partition coefficient (Wildman–Crippen LogP) is 3.00. The van der Waals surface area contributed by atoms with Crippen molar-refractivity contribution < 1.29 is 18.5 Å². The third-order valence-electron chi connectivity index (χ3n) is 3.30. The Morgan fingerprint density at radius 2 is 2.04 bits per heavy atom. The van der Waals surface area contributed by atoms with Crippen LogP contribution in [0.3, 0.4) is 0 Å². The number of carbonyl (C=O) groups excluding carboxylic acids is 1. The number of nitrogens with zero attached hydrogens (tertiary/aromatic N) is 3. The van der Waals surface area contributed by atoms with Gasteiger partial charge in [0.2, 0.25) is 11.8 Å². The van der Waals surface area contributed by atoms with Gasteiger partial charge in [0.25, 0.3) is 5.91 Å². The van der Waals surface area contributed by atoms with Crippen LogP contribution in [0, 0.1) is 6.92 Å². The maximum atomic E-state index is 11.8. The topological polar surface area (TPSA) is 103 Å². The highest BCUT2D eigenvalue weighted by molar-refractivity contribution is 5.90. The fraction of sp³-hybridized carbons (Fsp3) is 0.294. The van der Waals surface area contributed by atoms with Crippen molar-refractivity contribution in [2.45, 2.75) is 26.7 Å². The van der Waals surface area contributed by atoms with Crippen molar-refractivity contribution in [3.63, 3.8) is 0 Å². The molecule has 1 aromatic carbocycles. The van der Waals surface area contributed by atoms with E-state index >= 15 is 0 Å². The van der Waals surface area contributed by atoms with Crippen LogP contribution in [-0.2, 0) is 11.2 Å². The lowest BCUT2D eigenvalue weighted by molar-refractivity contribution is -0.118. The lowest BCUT2D eigenvalue weighted by Gasteiger charge is -2.06. The first-order chi connectivity index (χ1) is 12.1. The molecule has 0 aliphatic heterocycles. The summed E-state index contributed by atoms with van der Waals surface area (Å²) in [5.74, 6) is 2.31. The van der Waals surface area contributed by atoms with Crippen LogP contribution < -0.4 is 10.1 Å². The minimum Gasteiger partial charge on any atom is -0.484 e. The van der Waals surface area contributed by atoms with Crippen molar-refractivity contribution in [3.05, 3.63) is 42.0 Å². The molecule has 130 valence electrons. The quantitative estimate of drug-likeness (QED) is 0.704. The van der Waals surface area contributed by atoms with Crippen LogP contribution in [0.4, 0.5) is 5.82 Å². The van der Waals surface area contributed by atoms with Gasteiger partial charge in [-0.3, -0.25) is 4.79 Å². The molecule has 3 aromatic rings. The summed E-state index contributed by atoms with van der Waals surface area (Å²) in [5.41, 5.74) is 0.796. The standard InChI is InChI=1S/C17H18N4O4/c1-3-4-16-19-20-17(24-16)12-5-7-13(8-6-12)23-10-15(22)18-14-9-11(2)25-21-14/h5-9H,3-4,10H2,1-2H3,(H,18,21,22). The maximum absolute atomic E-state index is 11.8. The van der Waals surface area contributed by atoms with Gasteiger partial charge in [-0.25, -0.2) is 0 Å². The number of nitrogens with one attached hydrogen (secondary N) is 1. The number of ether oxygens (including phenoxy) is 1. The van der Waals surface area contributed by atoms with E-state index in [2.05, 4.69) is 27.6 Å². The molecule has 0 aliphatic rings. The molecule has 0 radical (unpaired) electrons. The fourth-order valence-electron chi connectivity index (χ4n) is 2.13. The monoisotopic (exact) mass is 342 g/mol. The number of aromatic nitrogens is 3. The molecule has 0 saturated heterocycles. The molecule has 8 nitrogen and oxygen atoms in total. The summed E-state index contributed by atoms with van der Waals surface area (Å²) in [6.07, 6.45) is 1.71. The van der Waals surface area contributed by atoms with Gasteiger partial charge in [-0.05, 0) is 37.6 Å². The normalized spacial score (nSPS) is 10.6. The van der Waals surface area contributed by atoms with Gasteiger partial charge < -0.3 is 19.0 Å². The summed E-state index contributed by atoms with van der Waals surface area (Å²) >= 11 is 0. The summed E-state index contributed by atoms with van der Waals surface area (Å²) in [6, 6.07) is 8.72. The third kappa shape index (κ3) is 4.43. The molecule has 0 unspecified atom stereocenters. The van der Waals surface area contributed by atoms with Crippen LogP contribution in [-0.4, -0.2) is 27.9 Å². The second kappa shape index (κ2) is 7.61. The zero-order chi connectivity index (χ0) is 17.6. The SMILES string of the molecule is CCCc1nnc(-c2ccc(OCC(=O)Nc3cc(C)on3)cc2)o1. The number of hydrogen-bond acceptors (Lipinski definition) is 7. The van der Waals surface area contributed by atoms with E-state index in [0.29, 0.717) is 29.1 Å². The Hall–Kier alpha value is -3.16. The van der Waals surface area contributed by atoms with E-state index in [1.807, 2.05) is 0 Å². The number of amides is 1. The van der Waals surface area contributed by atoms with Gasteiger partial charge in [0.15, 0.2) is 12.4 Å². The maximum Gasteiger partial charge on any atom is 0.263 e. The largest absolute Gasteiger partial charge is 0.484 e. The Morgan fingerprint density at radius 1 is 1.24 bits per heavy atom. The van der Waals surface area contributed by atoms with Crippen LogP contribution in [0.5, 0.6) is 5.75 Å². The number of benzene rings is 1. The van der Waals surface area contributed by atoms with Gasteiger partial charge >= 0.3 is 0 Å². The molecule has 25 heavy (non-hydrogen) atoms. The lowest BCUT2D eigenvalue weighted by Crippen LogP contribution is -2.20. The van der Waals surface area contributed by atoms with Gasteiger partial charge in [0, 0.05) is 18.1 Å². The first kappa shape index (κ1) is 16.7. The lowest BCUT2D eigenvalue weighted by atomic mass is 10.2. The molecular formula is C17H18N4O4. The first-order valence-electron chi connectivity index (χ1n) is 7.93. The molecule has 2 aromatic heterocycles. The molecule has 0 bridgehead atoms. The van der Waals surface area contributed by atoms with Crippen molar-refractivity contribution in [1.29, 1.82) is 0 Å². The molecule has 0 atom stereocenters. The summed E-state index contributed by atoms with van der Waals surface area (Å²) in [6.45, 7) is 3.66. The third-order valence-corrected chi connectivity index (χ3v) is 3.30. The van der Waals surface area contributed by atoms with Crippen molar-refractivity contribution in [1.82, 2.24) is 15.4 Å². The Balaban J connectivity index is 1.54. The van der Waals surface area contributed by atoms with E-state index in [0.717, 1.165) is 18.4 Å². The average molecular weight is 342 g/mol. The molecule has 0 aliphatic carbocycles. The van der Waals surface area contributed by atoms with E-state index in [-0.39, 0.29) is 12.5 Å². The zero-order valence-electron chi connectivity index (χ0n) is 14.0. The van der Waals surface area contributed by atoms with Gasteiger partial charge in [0.1, 0.15) is 11.5 Å². The van der Waals surface area contributed by atoms with E-state index in [4.69, 9.17) is 13.7 Å². The van der Waals surface area contributed by atoms with E-state index in [9.17, 15) is 4.79 Å². The highest BCUT2D eigenvalue weighted by Crippen LogP contribution is 2.21. The molecule has 1 N–H and O–H groups in total. The van der Waals surface area contributed by atoms with Crippen molar-refractivity contribution in [2.24, 2.45) is 0 Å². The van der Waals surface area contributed by atoms with Crippen molar-refractivity contribution in [3.8, 4) is 17.2 Å². The van der Waals surface area contributed by atoms with Crippen molar-refractivity contribution in [2.75, 3.05) is 11.9 Å². The van der Waals surface area contributed by atoms with Crippen LogP contribution in [0.1, 0.15) is 25.0 Å². The first-order valence-corrected chi connectivity index (χ1v) is 7.93. The molecule has 8 heteroatoms. The summed E-state index contributed by atoms with van der Waals surface area (Å²) < 4.78 is 15.9. The van der Waals surface area contributed by atoms with Gasteiger partial charge in [-0.15, -0.1) is 10.2 Å². The van der Waals surface area contributed by atoms with Gasteiger partial charge in [0.05, 0.1) is 0 Å². The van der Waals surface area contributed by atoms with E-state index in [1.54, 1.807) is 37.3 Å². The Kier molecular flexibility index (Phi) is 5.08. The smallest absolute Gasteiger partial charge is 0.263 e. The molecular weight excluding hydrogens is 324 g/mol. The molecule has 2 heterocycles. The minimum atomic E-state index is -0.321. The summed E-state index contributed by atoms with van der Waals surface area (Å²) in [7, 11) is 0. The summed E-state index contributed by atoms with van der Waals surface area (Å²) in [4.78, 5) is 11.8. The Bertz CT molecular complexity index is 838. The number of hydrogen-bond donors (Lipinski definition) is 1. The molecule has 1 amide bonds. The summed E-state index contributed by atoms with van der Waals surface area (Å²) in [5, 5.41) is 14.3. The molecule has 0 fully saturated rings. The Labute approximate surface area is 144 Å². The van der Waals surface area contributed by atoms with E-state index < -0.39 is 0 Å². The van der Waals surface area contributed by atoms with E-state index in [1.165, 1.54) is 0 Å². The molecule has 0 spiro atoms. The minimum absolute atomic E-state index is 0.132. The Morgan fingerprint density at radius 3 is 2.72 bits per heavy atom.